The third-order valence-corrected chi connectivity index (χ3v) is 4.77. The molecule has 3 N–H and O–H groups in total. The van der Waals surface area contributed by atoms with E-state index in [4.69, 9.17) is 0 Å². The van der Waals surface area contributed by atoms with E-state index < -0.39 is 17.8 Å². The van der Waals surface area contributed by atoms with Gasteiger partial charge >= 0.3 is 5.97 Å². The second kappa shape index (κ2) is 8.16. The first-order valence-electron chi connectivity index (χ1n) is 9.33. The molecule has 1 amide bonds. The van der Waals surface area contributed by atoms with Crippen LogP contribution in [0.3, 0.4) is 0 Å². The molecule has 0 aliphatic carbocycles. The van der Waals surface area contributed by atoms with Crippen LogP contribution in [0, 0.1) is 5.82 Å². The second-order valence-electron chi connectivity index (χ2n) is 6.85. The number of para-hydroxylation sites is 2. The zero-order valence-corrected chi connectivity index (χ0v) is 15.8. The molecule has 1 aliphatic heterocycles. The Hall–Kier alpha value is -4.00. The molecule has 30 heavy (non-hydrogen) atoms. The SMILES string of the molecule is O=C(Nc1ccc(C2=Nc3ccccc3N[C@H](C(=O)O)C2)cc1)c1ccc(F)cc1. The molecule has 0 saturated carbocycles. The van der Waals surface area contributed by atoms with Gasteiger partial charge in [0.15, 0.2) is 0 Å². The maximum absolute atomic E-state index is 13.0. The average Bonchev–Trinajstić information content (AvgIpc) is 2.95. The summed E-state index contributed by atoms with van der Waals surface area (Å²) in [5, 5.41) is 15.3. The third kappa shape index (κ3) is 4.20. The Balaban J connectivity index is 1.57. The van der Waals surface area contributed by atoms with Crippen molar-refractivity contribution in [2.75, 3.05) is 10.6 Å². The maximum Gasteiger partial charge on any atom is 0.326 e. The fourth-order valence-corrected chi connectivity index (χ4v) is 3.20. The Morgan fingerprint density at radius 3 is 2.40 bits per heavy atom. The summed E-state index contributed by atoms with van der Waals surface area (Å²) in [6, 6.07) is 18.8. The molecule has 0 saturated heterocycles. The summed E-state index contributed by atoms with van der Waals surface area (Å²) in [6.45, 7) is 0. The Kier molecular flexibility index (Phi) is 5.26. The van der Waals surface area contributed by atoms with E-state index in [1.165, 1.54) is 24.3 Å². The summed E-state index contributed by atoms with van der Waals surface area (Å²) >= 11 is 0. The van der Waals surface area contributed by atoms with Crippen LogP contribution in [0.25, 0.3) is 0 Å². The lowest BCUT2D eigenvalue weighted by molar-refractivity contribution is -0.137. The standard InChI is InChI=1S/C23H18FN3O3/c24-16-9-5-15(6-10-16)22(28)25-17-11-7-14(8-12-17)20-13-21(23(29)30)27-19-4-2-1-3-18(19)26-20/h1-12,21,27H,13H2,(H,25,28)(H,29,30)/t21-/m0/s1. The van der Waals surface area contributed by atoms with Gasteiger partial charge in [0, 0.05) is 17.7 Å². The number of hydrogen-bond donors (Lipinski definition) is 3. The fraction of sp³-hybridized carbons (Fsp3) is 0.0870. The van der Waals surface area contributed by atoms with Crippen molar-refractivity contribution in [3.05, 3.63) is 89.7 Å². The number of nitrogens with zero attached hydrogens (tertiary/aromatic N) is 1. The second-order valence-corrected chi connectivity index (χ2v) is 6.85. The molecule has 3 aromatic carbocycles. The largest absolute Gasteiger partial charge is 0.480 e. The number of hydrogen-bond acceptors (Lipinski definition) is 4. The van der Waals surface area contributed by atoms with Gasteiger partial charge in [0.2, 0.25) is 0 Å². The van der Waals surface area contributed by atoms with Crippen LogP contribution in [0.4, 0.5) is 21.5 Å². The van der Waals surface area contributed by atoms with E-state index >= 15 is 0 Å². The van der Waals surface area contributed by atoms with E-state index in [1.807, 2.05) is 18.2 Å². The van der Waals surface area contributed by atoms with E-state index in [9.17, 15) is 19.1 Å². The highest BCUT2D eigenvalue weighted by molar-refractivity contribution is 6.07. The molecule has 0 unspecified atom stereocenters. The van der Waals surface area contributed by atoms with Crippen LogP contribution >= 0.6 is 0 Å². The van der Waals surface area contributed by atoms with E-state index in [1.54, 1.807) is 30.3 Å². The minimum absolute atomic E-state index is 0.214. The molecule has 150 valence electrons. The lowest BCUT2D eigenvalue weighted by Crippen LogP contribution is -2.31. The van der Waals surface area contributed by atoms with E-state index in [0.717, 1.165) is 5.56 Å². The first-order chi connectivity index (χ1) is 14.5. The number of carbonyl (C=O) groups is 2. The van der Waals surface area contributed by atoms with Gasteiger partial charge in [0.1, 0.15) is 11.9 Å². The highest BCUT2D eigenvalue weighted by Crippen LogP contribution is 2.30. The van der Waals surface area contributed by atoms with Crippen molar-refractivity contribution in [1.29, 1.82) is 0 Å². The van der Waals surface area contributed by atoms with Crippen LogP contribution in [-0.4, -0.2) is 28.7 Å². The van der Waals surface area contributed by atoms with Gasteiger partial charge in [-0.05, 0) is 54.1 Å². The molecule has 7 heteroatoms. The molecule has 1 aliphatic rings. The molecule has 6 nitrogen and oxygen atoms in total. The molecule has 0 spiro atoms. The maximum atomic E-state index is 13.0. The van der Waals surface area contributed by atoms with Crippen molar-refractivity contribution >= 4 is 34.7 Å². The van der Waals surface area contributed by atoms with Crippen molar-refractivity contribution in [2.45, 2.75) is 12.5 Å². The van der Waals surface area contributed by atoms with Gasteiger partial charge in [-0.3, -0.25) is 9.79 Å². The summed E-state index contributed by atoms with van der Waals surface area (Å²) in [4.78, 5) is 28.6. The summed E-state index contributed by atoms with van der Waals surface area (Å²) in [7, 11) is 0. The first-order valence-corrected chi connectivity index (χ1v) is 9.33. The van der Waals surface area contributed by atoms with Gasteiger partial charge in [-0.2, -0.15) is 0 Å². The normalized spacial score (nSPS) is 15.2. The molecular weight excluding hydrogens is 385 g/mol. The number of carboxylic acid groups (broad SMARTS) is 1. The number of nitrogens with one attached hydrogen (secondary N) is 2. The third-order valence-electron chi connectivity index (χ3n) is 4.77. The molecule has 4 rings (SSSR count). The van der Waals surface area contributed by atoms with E-state index in [-0.39, 0.29) is 12.3 Å². The average molecular weight is 403 g/mol. The zero-order chi connectivity index (χ0) is 21.1. The van der Waals surface area contributed by atoms with Gasteiger partial charge in [-0.25, -0.2) is 9.18 Å². The molecule has 0 radical (unpaired) electrons. The molecule has 0 aromatic heterocycles. The monoisotopic (exact) mass is 403 g/mol. The van der Waals surface area contributed by atoms with E-state index in [0.29, 0.717) is 28.3 Å². The smallest absolute Gasteiger partial charge is 0.326 e. The number of aliphatic carboxylic acids is 1. The summed E-state index contributed by atoms with van der Waals surface area (Å²) in [5.74, 6) is -1.71. The van der Waals surface area contributed by atoms with Gasteiger partial charge < -0.3 is 15.7 Å². The zero-order valence-electron chi connectivity index (χ0n) is 15.8. The Morgan fingerprint density at radius 1 is 1.00 bits per heavy atom. The number of benzene rings is 3. The van der Waals surface area contributed by atoms with Gasteiger partial charge in [-0.15, -0.1) is 0 Å². The summed E-state index contributed by atoms with van der Waals surface area (Å²) in [6.07, 6.45) is 0.214. The molecule has 3 aromatic rings. The molecule has 0 fully saturated rings. The minimum atomic E-state index is -0.956. The highest BCUT2D eigenvalue weighted by Gasteiger charge is 2.24. The number of carboxylic acids is 1. The molecule has 1 atom stereocenters. The van der Waals surface area contributed by atoms with Crippen molar-refractivity contribution in [3.8, 4) is 0 Å². The fourth-order valence-electron chi connectivity index (χ4n) is 3.20. The van der Waals surface area contributed by atoms with Crippen LogP contribution in [0.5, 0.6) is 0 Å². The van der Waals surface area contributed by atoms with Crippen LogP contribution in [0.2, 0.25) is 0 Å². The topological polar surface area (TPSA) is 90.8 Å². The van der Waals surface area contributed by atoms with Crippen molar-refractivity contribution in [1.82, 2.24) is 0 Å². The predicted octanol–water partition coefficient (Wildman–Crippen LogP) is 4.47. The number of carbonyl (C=O) groups excluding carboxylic acids is 1. The summed E-state index contributed by atoms with van der Waals surface area (Å²) in [5.41, 5.74) is 3.65. The number of anilines is 2. The number of fused-ring (bicyclic) bond motifs is 1. The van der Waals surface area contributed by atoms with Crippen molar-refractivity contribution < 1.29 is 19.1 Å². The van der Waals surface area contributed by atoms with Crippen LogP contribution in [-0.2, 0) is 4.79 Å². The Bertz CT molecular complexity index is 1130. The van der Waals surface area contributed by atoms with Gasteiger partial charge in [0.25, 0.3) is 5.91 Å². The van der Waals surface area contributed by atoms with Gasteiger partial charge in [0.05, 0.1) is 17.1 Å². The van der Waals surface area contributed by atoms with Crippen LogP contribution in [0.15, 0.2) is 77.8 Å². The minimum Gasteiger partial charge on any atom is -0.480 e. The number of rotatable bonds is 4. The molecular formula is C23H18FN3O3. The first kappa shape index (κ1) is 19.3. The summed E-state index contributed by atoms with van der Waals surface area (Å²) < 4.78 is 13.0. The lowest BCUT2D eigenvalue weighted by Gasteiger charge is -2.14. The predicted molar refractivity (Wildman–Crippen MR) is 113 cm³/mol. The van der Waals surface area contributed by atoms with E-state index in [2.05, 4.69) is 15.6 Å². The lowest BCUT2D eigenvalue weighted by atomic mass is 10.0. The number of halogens is 1. The number of amides is 1. The van der Waals surface area contributed by atoms with Crippen LogP contribution in [0.1, 0.15) is 22.3 Å². The quantitative estimate of drug-likeness (QED) is 0.600. The molecule has 0 bridgehead atoms. The van der Waals surface area contributed by atoms with Gasteiger partial charge in [-0.1, -0.05) is 24.3 Å². The van der Waals surface area contributed by atoms with Crippen LogP contribution < -0.4 is 10.6 Å². The van der Waals surface area contributed by atoms with Crippen molar-refractivity contribution in [2.24, 2.45) is 4.99 Å². The molecule has 1 heterocycles. The van der Waals surface area contributed by atoms with Crippen molar-refractivity contribution in [3.63, 3.8) is 0 Å². The highest BCUT2D eigenvalue weighted by atomic mass is 19.1. The number of aliphatic imine (C=N–C) groups is 1. The Labute approximate surface area is 172 Å². The Morgan fingerprint density at radius 2 is 1.70 bits per heavy atom.